The summed E-state index contributed by atoms with van der Waals surface area (Å²) in [5.41, 5.74) is 0. The maximum absolute atomic E-state index is 4.07. The molecule has 1 atom stereocenters. The quantitative estimate of drug-likeness (QED) is 0.208. The molecule has 23 heavy (non-hydrogen) atoms. The molecule has 0 aliphatic carbocycles. The van der Waals surface area contributed by atoms with Crippen LogP contribution in [0.2, 0.25) is 0 Å². The molecule has 0 heteroatoms. The summed E-state index contributed by atoms with van der Waals surface area (Å²) >= 11 is 0. The van der Waals surface area contributed by atoms with Crippen LogP contribution in [0.15, 0.2) is 0 Å². The van der Waals surface area contributed by atoms with Gasteiger partial charge in [0.1, 0.15) is 0 Å². The molecular formula is C23H47. The SMILES string of the molecule is [CH2]CCC(CCCCCC)CCCCCCCCCCCCC. The first-order valence-electron chi connectivity index (χ1n) is 11.1. The lowest BCUT2D eigenvalue weighted by atomic mass is 9.91. The fraction of sp³-hybridized carbons (Fsp3) is 0.957. The Morgan fingerprint density at radius 3 is 1.22 bits per heavy atom. The Morgan fingerprint density at radius 2 is 0.826 bits per heavy atom. The molecule has 0 amide bonds. The molecule has 0 aromatic heterocycles. The molecule has 0 saturated carbocycles. The molecule has 139 valence electrons. The topological polar surface area (TPSA) is 0 Å². The molecule has 0 rings (SSSR count). The third-order valence-electron chi connectivity index (χ3n) is 5.29. The maximum atomic E-state index is 4.07. The Morgan fingerprint density at radius 1 is 0.478 bits per heavy atom. The Bertz CT molecular complexity index is 196. The summed E-state index contributed by atoms with van der Waals surface area (Å²) in [4.78, 5) is 0. The van der Waals surface area contributed by atoms with Gasteiger partial charge in [-0.05, 0) is 5.92 Å². The predicted molar refractivity (Wildman–Crippen MR) is 108 cm³/mol. The second kappa shape index (κ2) is 20.0. The molecule has 0 nitrogen and oxygen atoms in total. The predicted octanol–water partition coefficient (Wildman–Crippen LogP) is 8.89. The molecule has 0 heterocycles. The molecule has 0 aliphatic heterocycles. The van der Waals surface area contributed by atoms with E-state index in [1.807, 2.05) is 0 Å². The highest BCUT2D eigenvalue weighted by Crippen LogP contribution is 2.23. The zero-order chi connectivity index (χ0) is 17.0. The van der Waals surface area contributed by atoms with Crippen molar-refractivity contribution in [3.8, 4) is 0 Å². The van der Waals surface area contributed by atoms with E-state index in [9.17, 15) is 0 Å². The standard InChI is InChI=1S/C23H47/c1-4-7-9-11-12-13-14-15-16-17-19-22-23(20-6-3)21-18-10-8-5-2/h23H,3-22H2,1-2H3. The van der Waals surface area contributed by atoms with Gasteiger partial charge in [-0.15, -0.1) is 0 Å². The van der Waals surface area contributed by atoms with Gasteiger partial charge < -0.3 is 0 Å². The van der Waals surface area contributed by atoms with Gasteiger partial charge in [0.15, 0.2) is 0 Å². The highest BCUT2D eigenvalue weighted by atomic mass is 14.1. The van der Waals surface area contributed by atoms with Crippen molar-refractivity contribution < 1.29 is 0 Å². The molecule has 0 aliphatic rings. The van der Waals surface area contributed by atoms with Gasteiger partial charge in [0.05, 0.1) is 0 Å². The molecule has 0 bridgehead atoms. The van der Waals surface area contributed by atoms with Crippen molar-refractivity contribution >= 4 is 0 Å². The van der Waals surface area contributed by atoms with E-state index in [4.69, 9.17) is 0 Å². The molecule has 0 fully saturated rings. The molecule has 1 radical (unpaired) electrons. The minimum absolute atomic E-state index is 0.975. The van der Waals surface area contributed by atoms with Crippen molar-refractivity contribution in [2.24, 2.45) is 5.92 Å². The Balaban J connectivity index is 3.34. The number of unbranched alkanes of at least 4 members (excludes halogenated alkanes) is 13. The summed E-state index contributed by atoms with van der Waals surface area (Å²) in [6.45, 7) is 8.68. The molecule has 0 saturated heterocycles. The van der Waals surface area contributed by atoms with E-state index in [1.54, 1.807) is 0 Å². The van der Waals surface area contributed by atoms with Crippen LogP contribution in [-0.4, -0.2) is 0 Å². The van der Waals surface area contributed by atoms with Crippen LogP contribution in [0.4, 0.5) is 0 Å². The molecule has 0 N–H and O–H groups in total. The largest absolute Gasteiger partial charge is 0.0654 e. The van der Waals surface area contributed by atoms with Crippen LogP contribution in [-0.2, 0) is 0 Å². The maximum Gasteiger partial charge on any atom is -0.0414 e. The normalized spacial score (nSPS) is 12.7. The van der Waals surface area contributed by atoms with Crippen LogP contribution in [0.3, 0.4) is 0 Å². The third-order valence-corrected chi connectivity index (χ3v) is 5.29. The van der Waals surface area contributed by atoms with Crippen molar-refractivity contribution in [1.29, 1.82) is 0 Å². The lowest BCUT2D eigenvalue weighted by Crippen LogP contribution is -2.00. The third kappa shape index (κ3) is 18.2. The van der Waals surface area contributed by atoms with Crippen LogP contribution in [0.1, 0.15) is 136 Å². The molecule has 0 aromatic rings. The first-order chi connectivity index (χ1) is 11.3. The van der Waals surface area contributed by atoms with Gasteiger partial charge in [-0.25, -0.2) is 0 Å². The van der Waals surface area contributed by atoms with Gasteiger partial charge in [-0.2, -0.15) is 0 Å². The van der Waals surface area contributed by atoms with Crippen molar-refractivity contribution in [2.45, 2.75) is 136 Å². The van der Waals surface area contributed by atoms with E-state index in [1.165, 1.54) is 116 Å². The highest BCUT2D eigenvalue weighted by molar-refractivity contribution is 4.62. The van der Waals surface area contributed by atoms with Crippen LogP contribution in [0.25, 0.3) is 0 Å². The summed E-state index contributed by atoms with van der Waals surface area (Å²) in [5, 5.41) is 0. The van der Waals surface area contributed by atoms with E-state index in [2.05, 4.69) is 20.8 Å². The van der Waals surface area contributed by atoms with E-state index >= 15 is 0 Å². The average molecular weight is 324 g/mol. The Labute approximate surface area is 149 Å². The molecular weight excluding hydrogens is 276 g/mol. The van der Waals surface area contributed by atoms with Crippen molar-refractivity contribution in [1.82, 2.24) is 0 Å². The van der Waals surface area contributed by atoms with Gasteiger partial charge in [0.25, 0.3) is 0 Å². The smallest absolute Gasteiger partial charge is 0.0414 e. The molecule has 0 aromatic carbocycles. The Kier molecular flexibility index (Phi) is 20.0. The fourth-order valence-corrected chi connectivity index (χ4v) is 3.68. The van der Waals surface area contributed by atoms with Crippen LogP contribution >= 0.6 is 0 Å². The van der Waals surface area contributed by atoms with Crippen molar-refractivity contribution in [3.05, 3.63) is 6.92 Å². The van der Waals surface area contributed by atoms with E-state index in [0.717, 1.165) is 12.3 Å². The van der Waals surface area contributed by atoms with Crippen molar-refractivity contribution in [2.75, 3.05) is 0 Å². The summed E-state index contributed by atoms with van der Waals surface area (Å²) in [6, 6.07) is 0. The zero-order valence-corrected chi connectivity index (χ0v) is 16.7. The molecule has 1 unspecified atom stereocenters. The van der Waals surface area contributed by atoms with Gasteiger partial charge in [-0.3, -0.25) is 0 Å². The lowest BCUT2D eigenvalue weighted by Gasteiger charge is -2.15. The van der Waals surface area contributed by atoms with Crippen LogP contribution in [0.5, 0.6) is 0 Å². The minimum Gasteiger partial charge on any atom is -0.0654 e. The number of hydrogen-bond donors (Lipinski definition) is 0. The molecule has 0 spiro atoms. The van der Waals surface area contributed by atoms with Gasteiger partial charge in [0.2, 0.25) is 0 Å². The zero-order valence-electron chi connectivity index (χ0n) is 16.7. The van der Waals surface area contributed by atoms with E-state index in [-0.39, 0.29) is 0 Å². The second-order valence-corrected chi connectivity index (χ2v) is 7.68. The van der Waals surface area contributed by atoms with Crippen molar-refractivity contribution in [3.63, 3.8) is 0 Å². The number of rotatable bonds is 19. The van der Waals surface area contributed by atoms with Gasteiger partial charge in [0, 0.05) is 0 Å². The monoisotopic (exact) mass is 323 g/mol. The van der Waals surface area contributed by atoms with Crippen LogP contribution < -0.4 is 0 Å². The summed E-state index contributed by atoms with van der Waals surface area (Å²) in [6.07, 6.45) is 27.2. The van der Waals surface area contributed by atoms with Gasteiger partial charge >= 0.3 is 0 Å². The van der Waals surface area contributed by atoms with Gasteiger partial charge in [-0.1, -0.05) is 143 Å². The summed E-state index contributed by atoms with van der Waals surface area (Å²) < 4.78 is 0. The van der Waals surface area contributed by atoms with Crippen LogP contribution in [0, 0.1) is 12.8 Å². The number of hydrogen-bond acceptors (Lipinski definition) is 0. The summed E-state index contributed by atoms with van der Waals surface area (Å²) in [5.74, 6) is 0.975. The first kappa shape index (κ1) is 23.0. The van der Waals surface area contributed by atoms with E-state index < -0.39 is 0 Å². The highest BCUT2D eigenvalue weighted by Gasteiger charge is 2.07. The lowest BCUT2D eigenvalue weighted by molar-refractivity contribution is 0.383. The summed E-state index contributed by atoms with van der Waals surface area (Å²) in [7, 11) is 0. The van der Waals surface area contributed by atoms with E-state index in [0.29, 0.717) is 0 Å². The second-order valence-electron chi connectivity index (χ2n) is 7.68. The fourth-order valence-electron chi connectivity index (χ4n) is 3.68. The first-order valence-corrected chi connectivity index (χ1v) is 11.1. The minimum atomic E-state index is 0.975. The Hall–Kier alpha value is 0. The average Bonchev–Trinajstić information content (AvgIpc) is 2.56.